The van der Waals surface area contributed by atoms with Crippen LogP contribution < -0.4 is 0 Å². The molecule has 0 aliphatic carbocycles. The molecule has 3 aromatic rings. The third kappa shape index (κ3) is 3.40. The normalized spacial score (nSPS) is 12.4. The largest absolute Gasteiger partial charge is 0.254 e. The maximum atomic E-state index is 12.3. The Morgan fingerprint density at radius 3 is 2.33 bits per heavy atom. The smallest absolute Gasteiger partial charge is 0.0532 e. The fraction of sp³-hybridized carbons (Fsp3) is 0.158. The van der Waals surface area contributed by atoms with Crippen LogP contribution in [0.25, 0.3) is 10.8 Å². The second-order valence-electron chi connectivity index (χ2n) is 5.29. The molecule has 0 heterocycles. The van der Waals surface area contributed by atoms with Gasteiger partial charge in [-0.3, -0.25) is 4.21 Å². The summed E-state index contributed by atoms with van der Waals surface area (Å²) in [5.74, 6) is 0.668. The summed E-state index contributed by atoms with van der Waals surface area (Å²) >= 11 is 0. The summed E-state index contributed by atoms with van der Waals surface area (Å²) in [5, 5.41) is 2.50. The minimum Gasteiger partial charge on any atom is -0.254 e. The summed E-state index contributed by atoms with van der Waals surface area (Å²) in [5.41, 5.74) is 2.44. The molecule has 0 spiro atoms. The Morgan fingerprint density at radius 1 is 0.857 bits per heavy atom. The van der Waals surface area contributed by atoms with Gasteiger partial charge in [0.1, 0.15) is 0 Å². The Labute approximate surface area is 128 Å². The first-order chi connectivity index (χ1) is 10.2. The molecular formula is C19H18OS. The van der Waals surface area contributed by atoms with E-state index < -0.39 is 10.8 Å². The highest BCUT2D eigenvalue weighted by Crippen LogP contribution is 2.17. The predicted molar refractivity (Wildman–Crippen MR) is 90.1 cm³/mol. The van der Waals surface area contributed by atoms with Gasteiger partial charge in [0.2, 0.25) is 0 Å². The average Bonchev–Trinajstić information content (AvgIpc) is 2.53. The van der Waals surface area contributed by atoms with E-state index in [9.17, 15) is 4.21 Å². The van der Waals surface area contributed by atoms with Gasteiger partial charge >= 0.3 is 0 Å². The van der Waals surface area contributed by atoms with Crippen molar-refractivity contribution in [2.75, 3.05) is 5.75 Å². The van der Waals surface area contributed by atoms with E-state index in [0.29, 0.717) is 5.75 Å². The maximum Gasteiger partial charge on any atom is 0.0532 e. The molecule has 1 atom stereocenters. The average molecular weight is 294 g/mol. The summed E-state index contributed by atoms with van der Waals surface area (Å²) in [6.45, 7) is 2.04. The van der Waals surface area contributed by atoms with Gasteiger partial charge in [0.25, 0.3) is 0 Å². The lowest BCUT2D eigenvalue weighted by Crippen LogP contribution is -2.01. The molecule has 3 aromatic carbocycles. The number of fused-ring (bicyclic) bond motifs is 1. The second-order valence-corrected chi connectivity index (χ2v) is 6.86. The quantitative estimate of drug-likeness (QED) is 0.692. The fourth-order valence-corrected chi connectivity index (χ4v) is 3.51. The summed E-state index contributed by atoms with van der Waals surface area (Å²) < 4.78 is 12.3. The molecule has 0 radical (unpaired) electrons. The van der Waals surface area contributed by atoms with Crippen LogP contribution in [-0.4, -0.2) is 9.96 Å². The van der Waals surface area contributed by atoms with Crippen molar-refractivity contribution in [2.45, 2.75) is 18.2 Å². The van der Waals surface area contributed by atoms with Gasteiger partial charge < -0.3 is 0 Å². The van der Waals surface area contributed by atoms with E-state index >= 15 is 0 Å². The highest BCUT2D eigenvalue weighted by atomic mass is 32.2. The lowest BCUT2D eigenvalue weighted by molar-refractivity contribution is 0.682. The van der Waals surface area contributed by atoms with E-state index in [1.165, 1.54) is 21.9 Å². The summed E-state index contributed by atoms with van der Waals surface area (Å²) in [7, 11) is -0.926. The number of hydrogen-bond acceptors (Lipinski definition) is 1. The van der Waals surface area contributed by atoms with Crippen molar-refractivity contribution in [3.05, 3.63) is 77.9 Å². The number of hydrogen-bond donors (Lipinski definition) is 0. The third-order valence-electron chi connectivity index (χ3n) is 3.67. The first kappa shape index (κ1) is 14.0. The molecule has 0 aromatic heterocycles. The summed E-state index contributed by atoms with van der Waals surface area (Å²) in [4.78, 5) is 0.918. The zero-order valence-electron chi connectivity index (χ0n) is 12.1. The van der Waals surface area contributed by atoms with Crippen molar-refractivity contribution in [1.82, 2.24) is 0 Å². The van der Waals surface area contributed by atoms with Gasteiger partial charge in [0.15, 0.2) is 0 Å². The zero-order chi connectivity index (χ0) is 14.7. The molecule has 0 saturated heterocycles. The van der Waals surface area contributed by atoms with Crippen LogP contribution in [0.3, 0.4) is 0 Å². The fourth-order valence-electron chi connectivity index (χ4n) is 2.41. The molecule has 2 heteroatoms. The van der Waals surface area contributed by atoms with Crippen LogP contribution in [0.4, 0.5) is 0 Å². The van der Waals surface area contributed by atoms with E-state index in [0.717, 1.165) is 11.3 Å². The topological polar surface area (TPSA) is 17.1 Å². The standard InChI is InChI=1S/C19H18OS/c1-15-6-10-19(11-7-15)21(20)13-12-16-8-9-17-4-2-3-5-18(17)14-16/h2-11,14H,12-13H2,1H3. The first-order valence-electron chi connectivity index (χ1n) is 7.15. The SMILES string of the molecule is Cc1ccc(S(=O)CCc2ccc3ccccc3c2)cc1. The Morgan fingerprint density at radius 2 is 1.57 bits per heavy atom. The van der Waals surface area contributed by atoms with Crippen molar-refractivity contribution in [1.29, 1.82) is 0 Å². The second kappa shape index (κ2) is 6.23. The Hall–Kier alpha value is -1.93. The Balaban J connectivity index is 1.71. The van der Waals surface area contributed by atoms with Crippen LogP contribution in [0.2, 0.25) is 0 Å². The third-order valence-corrected chi connectivity index (χ3v) is 5.05. The van der Waals surface area contributed by atoms with Crippen LogP contribution in [-0.2, 0) is 17.2 Å². The number of benzene rings is 3. The van der Waals surface area contributed by atoms with Crippen molar-refractivity contribution < 1.29 is 4.21 Å². The molecule has 3 rings (SSSR count). The lowest BCUT2D eigenvalue weighted by Gasteiger charge is -2.05. The minimum atomic E-state index is -0.926. The van der Waals surface area contributed by atoms with E-state index in [-0.39, 0.29) is 0 Å². The van der Waals surface area contributed by atoms with Gasteiger partial charge in [-0.1, -0.05) is 60.2 Å². The molecule has 21 heavy (non-hydrogen) atoms. The summed E-state index contributed by atoms with van der Waals surface area (Å²) in [6, 6.07) is 22.8. The van der Waals surface area contributed by atoms with E-state index in [2.05, 4.69) is 42.5 Å². The maximum absolute atomic E-state index is 12.3. The van der Waals surface area contributed by atoms with Gasteiger partial charge in [0.05, 0.1) is 10.8 Å². The monoisotopic (exact) mass is 294 g/mol. The summed E-state index contributed by atoms with van der Waals surface area (Å²) in [6.07, 6.45) is 0.839. The molecule has 106 valence electrons. The highest BCUT2D eigenvalue weighted by molar-refractivity contribution is 7.85. The zero-order valence-corrected chi connectivity index (χ0v) is 12.9. The lowest BCUT2D eigenvalue weighted by atomic mass is 10.1. The molecule has 1 unspecified atom stereocenters. The van der Waals surface area contributed by atoms with Gasteiger partial charge in [-0.2, -0.15) is 0 Å². The van der Waals surface area contributed by atoms with E-state index in [1.54, 1.807) is 0 Å². The van der Waals surface area contributed by atoms with Crippen molar-refractivity contribution in [3.8, 4) is 0 Å². The van der Waals surface area contributed by atoms with Gasteiger partial charge in [-0.05, 0) is 41.8 Å². The Kier molecular flexibility index (Phi) is 4.16. The first-order valence-corrected chi connectivity index (χ1v) is 8.47. The molecule has 0 aliphatic rings. The van der Waals surface area contributed by atoms with Crippen LogP contribution >= 0.6 is 0 Å². The van der Waals surface area contributed by atoms with Crippen LogP contribution in [0, 0.1) is 6.92 Å². The highest BCUT2D eigenvalue weighted by Gasteiger charge is 2.04. The van der Waals surface area contributed by atoms with Crippen LogP contribution in [0.5, 0.6) is 0 Å². The molecule has 0 saturated carbocycles. The van der Waals surface area contributed by atoms with Crippen molar-refractivity contribution in [2.24, 2.45) is 0 Å². The number of aryl methyl sites for hydroxylation is 2. The van der Waals surface area contributed by atoms with E-state index in [4.69, 9.17) is 0 Å². The van der Waals surface area contributed by atoms with Gasteiger partial charge in [-0.15, -0.1) is 0 Å². The molecule has 0 fully saturated rings. The molecule has 1 nitrogen and oxygen atoms in total. The van der Waals surface area contributed by atoms with Gasteiger partial charge in [0, 0.05) is 10.6 Å². The molecule has 0 aliphatic heterocycles. The molecular weight excluding hydrogens is 276 g/mol. The van der Waals surface area contributed by atoms with Crippen molar-refractivity contribution >= 4 is 21.6 Å². The molecule has 0 bridgehead atoms. The van der Waals surface area contributed by atoms with E-state index in [1.807, 2.05) is 31.2 Å². The predicted octanol–water partition coefficient (Wildman–Crippen LogP) is 4.50. The van der Waals surface area contributed by atoms with Crippen LogP contribution in [0.15, 0.2) is 71.6 Å². The minimum absolute atomic E-state index is 0.668. The Bertz CT molecular complexity index is 775. The number of rotatable bonds is 4. The molecule has 0 N–H and O–H groups in total. The van der Waals surface area contributed by atoms with Crippen LogP contribution in [0.1, 0.15) is 11.1 Å². The van der Waals surface area contributed by atoms with Crippen molar-refractivity contribution in [3.63, 3.8) is 0 Å². The van der Waals surface area contributed by atoms with Gasteiger partial charge in [-0.25, -0.2) is 0 Å². The molecule has 0 amide bonds.